The molecule has 2 fully saturated rings. The molecule has 1 nitrogen and oxygen atoms in total. The zero-order chi connectivity index (χ0) is 9.47. The molecule has 0 aromatic heterocycles. The van der Waals surface area contributed by atoms with Gasteiger partial charge in [-0.25, -0.2) is 0 Å². The van der Waals surface area contributed by atoms with Crippen molar-refractivity contribution in [1.82, 2.24) is 0 Å². The van der Waals surface area contributed by atoms with Gasteiger partial charge in [-0.05, 0) is 12.8 Å². The van der Waals surface area contributed by atoms with Crippen molar-refractivity contribution in [1.29, 1.82) is 0 Å². The lowest BCUT2D eigenvalue weighted by Gasteiger charge is -2.32. The van der Waals surface area contributed by atoms with Crippen molar-refractivity contribution >= 4 is 0 Å². The summed E-state index contributed by atoms with van der Waals surface area (Å²) in [5.41, 5.74) is 0.758. The highest BCUT2D eigenvalue weighted by Gasteiger charge is 2.53. The molecule has 0 aromatic carbocycles. The number of hydrogen-bond acceptors (Lipinski definition) is 1. The van der Waals surface area contributed by atoms with Gasteiger partial charge in [0.15, 0.2) is 0 Å². The van der Waals surface area contributed by atoms with Crippen LogP contribution in [0.1, 0.15) is 32.1 Å². The van der Waals surface area contributed by atoms with Crippen LogP contribution in [0.2, 0.25) is 0 Å². The SMILES string of the molecule is C=C[C@H]1C(=C)[C@H]1C1(O)CCCCC1. The van der Waals surface area contributed by atoms with Crippen molar-refractivity contribution in [2.45, 2.75) is 37.7 Å². The molecule has 1 N–H and O–H groups in total. The first-order valence-corrected chi connectivity index (χ1v) is 5.23. The molecular weight excluding hydrogens is 160 g/mol. The summed E-state index contributed by atoms with van der Waals surface area (Å²) < 4.78 is 0. The molecule has 72 valence electrons. The fraction of sp³-hybridized carbons (Fsp3) is 0.667. The van der Waals surface area contributed by atoms with Gasteiger partial charge in [-0.3, -0.25) is 0 Å². The van der Waals surface area contributed by atoms with E-state index >= 15 is 0 Å². The first-order chi connectivity index (χ1) is 6.19. The summed E-state index contributed by atoms with van der Waals surface area (Å²) in [6.07, 6.45) is 7.47. The Morgan fingerprint density at radius 3 is 2.38 bits per heavy atom. The monoisotopic (exact) mass is 178 g/mol. The molecule has 2 aliphatic rings. The van der Waals surface area contributed by atoms with Gasteiger partial charge < -0.3 is 5.11 Å². The summed E-state index contributed by atoms with van der Waals surface area (Å²) in [6.45, 7) is 7.77. The predicted octanol–water partition coefficient (Wildman–Crippen LogP) is 2.67. The van der Waals surface area contributed by atoms with Crippen molar-refractivity contribution < 1.29 is 5.11 Å². The van der Waals surface area contributed by atoms with Gasteiger partial charge in [-0.15, -0.1) is 6.58 Å². The largest absolute Gasteiger partial charge is 0.389 e. The number of hydrogen-bond donors (Lipinski definition) is 1. The van der Waals surface area contributed by atoms with Gasteiger partial charge in [0.05, 0.1) is 5.60 Å². The third-order valence-electron chi connectivity index (χ3n) is 3.63. The van der Waals surface area contributed by atoms with Gasteiger partial charge in [-0.1, -0.05) is 37.5 Å². The van der Waals surface area contributed by atoms with Gasteiger partial charge in [-0.2, -0.15) is 0 Å². The molecule has 0 aromatic rings. The molecule has 1 heteroatoms. The minimum atomic E-state index is -0.436. The summed E-state index contributed by atoms with van der Waals surface area (Å²) in [5, 5.41) is 10.4. The minimum Gasteiger partial charge on any atom is -0.389 e. The Labute approximate surface area is 80.2 Å². The third-order valence-corrected chi connectivity index (χ3v) is 3.63. The van der Waals surface area contributed by atoms with Crippen LogP contribution in [0.4, 0.5) is 0 Å². The Balaban J connectivity index is 2.07. The van der Waals surface area contributed by atoms with Crippen molar-refractivity contribution in [2.75, 3.05) is 0 Å². The van der Waals surface area contributed by atoms with Crippen molar-refractivity contribution in [2.24, 2.45) is 11.8 Å². The summed E-state index contributed by atoms with van der Waals surface area (Å²) >= 11 is 0. The second-order valence-electron chi connectivity index (χ2n) is 4.48. The molecule has 2 rings (SSSR count). The molecule has 0 radical (unpaired) electrons. The number of allylic oxidation sites excluding steroid dienone is 1. The highest BCUT2D eigenvalue weighted by Crippen LogP contribution is 2.55. The fourth-order valence-electron chi connectivity index (χ4n) is 2.78. The fourth-order valence-corrected chi connectivity index (χ4v) is 2.78. The molecule has 2 aliphatic carbocycles. The maximum Gasteiger partial charge on any atom is 0.0721 e. The summed E-state index contributed by atoms with van der Waals surface area (Å²) in [4.78, 5) is 0. The molecule has 0 aliphatic heterocycles. The molecular formula is C12H18O. The van der Waals surface area contributed by atoms with Crippen LogP contribution in [0.5, 0.6) is 0 Å². The normalized spacial score (nSPS) is 37.2. The summed E-state index contributed by atoms with van der Waals surface area (Å²) in [7, 11) is 0. The van der Waals surface area contributed by atoms with Gasteiger partial charge in [0.2, 0.25) is 0 Å². The van der Waals surface area contributed by atoms with Crippen LogP contribution in [0, 0.1) is 11.8 Å². The average molecular weight is 178 g/mol. The molecule has 0 heterocycles. The molecule has 13 heavy (non-hydrogen) atoms. The van der Waals surface area contributed by atoms with Crippen molar-refractivity contribution in [3.05, 3.63) is 24.8 Å². The smallest absolute Gasteiger partial charge is 0.0721 e. The summed E-state index contributed by atoms with van der Waals surface area (Å²) in [6, 6.07) is 0. The Kier molecular flexibility index (Phi) is 2.07. The Morgan fingerprint density at radius 2 is 1.92 bits per heavy atom. The number of aliphatic hydroxyl groups is 1. The van der Waals surface area contributed by atoms with Crippen molar-refractivity contribution in [3.8, 4) is 0 Å². The van der Waals surface area contributed by atoms with Crippen LogP contribution in [0.3, 0.4) is 0 Å². The molecule has 0 unspecified atom stereocenters. The summed E-state index contributed by atoms with van der Waals surface area (Å²) in [5.74, 6) is 0.716. The Hall–Kier alpha value is -0.560. The van der Waals surface area contributed by atoms with Crippen LogP contribution in [0.25, 0.3) is 0 Å². The third kappa shape index (κ3) is 1.35. The lowest BCUT2D eigenvalue weighted by atomic mass is 9.80. The van der Waals surface area contributed by atoms with E-state index in [1.807, 2.05) is 6.08 Å². The first kappa shape index (κ1) is 9.01. The molecule has 0 saturated heterocycles. The zero-order valence-electron chi connectivity index (χ0n) is 8.13. The van der Waals surface area contributed by atoms with E-state index in [1.165, 1.54) is 24.8 Å². The van der Waals surface area contributed by atoms with E-state index in [-0.39, 0.29) is 0 Å². The van der Waals surface area contributed by atoms with E-state index in [0.29, 0.717) is 11.8 Å². The van der Waals surface area contributed by atoms with Crippen LogP contribution >= 0.6 is 0 Å². The van der Waals surface area contributed by atoms with Crippen molar-refractivity contribution in [3.63, 3.8) is 0 Å². The second kappa shape index (κ2) is 2.98. The highest BCUT2D eigenvalue weighted by atomic mass is 16.3. The van der Waals surface area contributed by atoms with Gasteiger partial charge in [0, 0.05) is 11.8 Å². The second-order valence-corrected chi connectivity index (χ2v) is 4.48. The van der Waals surface area contributed by atoms with E-state index in [9.17, 15) is 5.11 Å². The standard InChI is InChI=1S/C12H18O/c1-3-10-9(2)11(10)12(13)7-5-4-6-8-12/h3,10-11,13H,1-2,4-8H2/t10-,11+/m0/s1. The molecule has 0 bridgehead atoms. The van der Waals surface area contributed by atoms with Crippen LogP contribution < -0.4 is 0 Å². The van der Waals surface area contributed by atoms with E-state index in [2.05, 4.69) is 13.2 Å². The molecule has 0 spiro atoms. The van der Waals surface area contributed by atoms with E-state index in [1.54, 1.807) is 0 Å². The highest BCUT2D eigenvalue weighted by molar-refractivity contribution is 5.36. The lowest BCUT2D eigenvalue weighted by Crippen LogP contribution is -2.34. The van der Waals surface area contributed by atoms with Crippen LogP contribution in [-0.4, -0.2) is 10.7 Å². The van der Waals surface area contributed by atoms with Gasteiger partial charge in [0.25, 0.3) is 0 Å². The molecule has 2 atom stereocenters. The maximum absolute atomic E-state index is 10.4. The topological polar surface area (TPSA) is 20.2 Å². The van der Waals surface area contributed by atoms with E-state index in [0.717, 1.165) is 12.8 Å². The van der Waals surface area contributed by atoms with Gasteiger partial charge >= 0.3 is 0 Å². The average Bonchev–Trinajstić information content (AvgIpc) is 2.78. The Bertz CT molecular complexity index is 236. The first-order valence-electron chi connectivity index (χ1n) is 5.23. The zero-order valence-corrected chi connectivity index (χ0v) is 8.13. The van der Waals surface area contributed by atoms with Crippen LogP contribution in [0.15, 0.2) is 24.8 Å². The van der Waals surface area contributed by atoms with Crippen LogP contribution in [-0.2, 0) is 0 Å². The van der Waals surface area contributed by atoms with E-state index < -0.39 is 5.60 Å². The Morgan fingerprint density at radius 1 is 1.31 bits per heavy atom. The lowest BCUT2D eigenvalue weighted by molar-refractivity contribution is -0.0162. The minimum absolute atomic E-state index is 0.324. The maximum atomic E-state index is 10.4. The molecule has 2 saturated carbocycles. The van der Waals surface area contributed by atoms with E-state index in [4.69, 9.17) is 0 Å². The predicted molar refractivity (Wildman–Crippen MR) is 54.4 cm³/mol. The quantitative estimate of drug-likeness (QED) is 0.644. The number of rotatable bonds is 2. The molecule has 0 amide bonds. The van der Waals surface area contributed by atoms with Gasteiger partial charge in [0.1, 0.15) is 0 Å².